The van der Waals surface area contributed by atoms with Crippen LogP contribution in [0.5, 0.6) is 5.75 Å². The Bertz CT molecular complexity index is 653. The van der Waals surface area contributed by atoms with Crippen molar-refractivity contribution in [1.82, 2.24) is 5.16 Å². The van der Waals surface area contributed by atoms with Crippen LogP contribution in [0.1, 0.15) is 59.6 Å². The van der Waals surface area contributed by atoms with Gasteiger partial charge in [0.05, 0.1) is 6.61 Å². The van der Waals surface area contributed by atoms with Crippen molar-refractivity contribution >= 4 is 5.88 Å². The smallest absolute Gasteiger partial charge is 0.222 e. The number of hydrogen-bond acceptors (Lipinski definition) is 4. The largest absolute Gasteiger partial charge is 0.493 e. The van der Waals surface area contributed by atoms with Crippen molar-refractivity contribution in [1.29, 1.82) is 0 Å². The summed E-state index contributed by atoms with van der Waals surface area (Å²) in [5.74, 6) is 1.30. The maximum atomic E-state index is 6.05. The Balaban J connectivity index is 2.77. The minimum absolute atomic E-state index is 0.0458. The molecule has 0 saturated carbocycles. The monoisotopic (exact) mass is 316 g/mol. The molecule has 0 aliphatic carbocycles. The van der Waals surface area contributed by atoms with Crippen molar-refractivity contribution in [3.8, 4) is 17.0 Å². The zero-order valence-corrected chi connectivity index (χ0v) is 15.3. The second-order valence-electron chi connectivity index (χ2n) is 7.95. The van der Waals surface area contributed by atoms with Gasteiger partial charge in [-0.2, -0.15) is 0 Å². The number of rotatable bonds is 3. The van der Waals surface area contributed by atoms with Crippen molar-refractivity contribution < 1.29 is 9.26 Å². The summed E-state index contributed by atoms with van der Waals surface area (Å²) in [6, 6.07) is 6.03. The second-order valence-corrected chi connectivity index (χ2v) is 7.95. The maximum absolute atomic E-state index is 6.05. The van der Waals surface area contributed by atoms with Crippen LogP contribution < -0.4 is 10.5 Å². The topological polar surface area (TPSA) is 61.3 Å². The SMILES string of the molecule is CCOc1c(C(C)(C)C)cc(-c2cc(N)on2)cc1C(C)(C)C. The zero-order chi connectivity index (χ0) is 17.4. The van der Waals surface area contributed by atoms with Crippen LogP contribution in [0.25, 0.3) is 11.3 Å². The van der Waals surface area contributed by atoms with Crippen LogP contribution in [0.15, 0.2) is 22.7 Å². The number of nitrogen functional groups attached to an aromatic ring is 1. The average molecular weight is 316 g/mol. The van der Waals surface area contributed by atoms with E-state index in [0.717, 1.165) is 17.0 Å². The quantitative estimate of drug-likeness (QED) is 0.873. The van der Waals surface area contributed by atoms with Crippen molar-refractivity contribution in [2.24, 2.45) is 0 Å². The number of aromatic nitrogens is 1. The van der Waals surface area contributed by atoms with E-state index >= 15 is 0 Å². The highest BCUT2D eigenvalue weighted by atomic mass is 16.5. The lowest BCUT2D eigenvalue weighted by Gasteiger charge is -2.30. The lowest BCUT2D eigenvalue weighted by Crippen LogP contribution is -2.20. The Morgan fingerprint density at radius 2 is 1.52 bits per heavy atom. The van der Waals surface area contributed by atoms with Gasteiger partial charge in [0.1, 0.15) is 11.4 Å². The number of benzene rings is 1. The van der Waals surface area contributed by atoms with Gasteiger partial charge in [0.25, 0.3) is 0 Å². The summed E-state index contributed by atoms with van der Waals surface area (Å²) >= 11 is 0. The summed E-state index contributed by atoms with van der Waals surface area (Å²) in [6.07, 6.45) is 0. The molecule has 1 heterocycles. The van der Waals surface area contributed by atoms with E-state index in [1.54, 1.807) is 6.07 Å². The van der Waals surface area contributed by atoms with E-state index in [-0.39, 0.29) is 10.8 Å². The van der Waals surface area contributed by atoms with E-state index in [0.29, 0.717) is 12.5 Å². The van der Waals surface area contributed by atoms with E-state index in [4.69, 9.17) is 15.0 Å². The highest BCUT2D eigenvalue weighted by molar-refractivity contribution is 5.67. The number of hydrogen-bond donors (Lipinski definition) is 1. The third-order valence-corrected chi connectivity index (χ3v) is 3.82. The van der Waals surface area contributed by atoms with E-state index < -0.39 is 0 Å². The molecule has 0 fully saturated rings. The van der Waals surface area contributed by atoms with Crippen molar-refractivity contribution in [2.45, 2.75) is 59.3 Å². The summed E-state index contributed by atoms with van der Waals surface area (Å²) in [7, 11) is 0. The fraction of sp³-hybridized carbons (Fsp3) is 0.526. The lowest BCUT2D eigenvalue weighted by molar-refractivity contribution is 0.319. The van der Waals surface area contributed by atoms with Gasteiger partial charge in [-0.1, -0.05) is 46.7 Å². The highest BCUT2D eigenvalue weighted by Gasteiger charge is 2.28. The molecule has 23 heavy (non-hydrogen) atoms. The number of nitrogens with zero attached hydrogens (tertiary/aromatic N) is 1. The highest BCUT2D eigenvalue weighted by Crippen LogP contribution is 2.42. The van der Waals surface area contributed by atoms with E-state index in [1.165, 1.54) is 11.1 Å². The van der Waals surface area contributed by atoms with Gasteiger partial charge in [-0.15, -0.1) is 0 Å². The van der Waals surface area contributed by atoms with Crippen LogP contribution in [-0.2, 0) is 10.8 Å². The second kappa shape index (κ2) is 5.91. The van der Waals surface area contributed by atoms with Gasteiger partial charge >= 0.3 is 0 Å². The predicted octanol–water partition coefficient (Wildman–Crippen LogP) is 4.92. The van der Waals surface area contributed by atoms with Gasteiger partial charge in [-0.3, -0.25) is 0 Å². The number of nitrogens with two attached hydrogens (primary N) is 1. The Morgan fingerprint density at radius 3 is 1.87 bits per heavy atom. The van der Waals surface area contributed by atoms with Crippen LogP contribution in [0.3, 0.4) is 0 Å². The normalized spacial score (nSPS) is 12.5. The third-order valence-electron chi connectivity index (χ3n) is 3.82. The van der Waals surface area contributed by atoms with Crippen molar-refractivity contribution in [3.05, 3.63) is 29.3 Å². The summed E-state index contributed by atoms with van der Waals surface area (Å²) in [4.78, 5) is 0. The Hall–Kier alpha value is -1.97. The summed E-state index contributed by atoms with van der Waals surface area (Å²) in [5, 5.41) is 4.07. The molecular formula is C19H28N2O2. The first-order chi connectivity index (χ1) is 10.5. The fourth-order valence-electron chi connectivity index (χ4n) is 2.62. The minimum Gasteiger partial charge on any atom is -0.493 e. The molecule has 4 nitrogen and oxygen atoms in total. The van der Waals surface area contributed by atoms with Gasteiger partial charge in [0.2, 0.25) is 5.88 Å². The van der Waals surface area contributed by atoms with Crippen molar-refractivity contribution in [2.75, 3.05) is 12.3 Å². The van der Waals surface area contributed by atoms with E-state index in [9.17, 15) is 0 Å². The third kappa shape index (κ3) is 3.69. The number of anilines is 1. The molecule has 0 amide bonds. The molecule has 0 aliphatic heterocycles. The van der Waals surface area contributed by atoms with E-state index in [1.807, 2.05) is 6.92 Å². The van der Waals surface area contributed by atoms with Gasteiger partial charge in [0, 0.05) is 22.8 Å². The van der Waals surface area contributed by atoms with Crippen LogP contribution >= 0.6 is 0 Å². The molecule has 0 spiro atoms. The lowest BCUT2D eigenvalue weighted by atomic mass is 9.78. The molecule has 0 radical (unpaired) electrons. The Morgan fingerprint density at radius 1 is 1.00 bits per heavy atom. The first-order valence-electron chi connectivity index (χ1n) is 8.08. The van der Waals surface area contributed by atoms with E-state index in [2.05, 4.69) is 58.8 Å². The van der Waals surface area contributed by atoms with Gasteiger partial charge in [0.15, 0.2) is 0 Å². The van der Waals surface area contributed by atoms with Gasteiger partial charge in [-0.25, -0.2) is 0 Å². The van der Waals surface area contributed by atoms with Crippen LogP contribution in [-0.4, -0.2) is 11.8 Å². The molecule has 2 N–H and O–H groups in total. The molecule has 126 valence electrons. The first-order valence-corrected chi connectivity index (χ1v) is 8.08. The molecule has 4 heteroatoms. The molecule has 0 aliphatic rings. The fourth-order valence-corrected chi connectivity index (χ4v) is 2.62. The molecule has 0 bridgehead atoms. The Kier molecular flexibility index (Phi) is 4.47. The maximum Gasteiger partial charge on any atom is 0.222 e. The van der Waals surface area contributed by atoms with Crippen molar-refractivity contribution in [3.63, 3.8) is 0 Å². The summed E-state index contributed by atoms with van der Waals surface area (Å²) in [5.41, 5.74) is 9.69. The average Bonchev–Trinajstić information content (AvgIpc) is 2.83. The molecule has 2 aromatic rings. The molecule has 0 atom stereocenters. The molecular weight excluding hydrogens is 288 g/mol. The van der Waals surface area contributed by atoms with Gasteiger partial charge < -0.3 is 15.0 Å². The molecule has 1 aromatic heterocycles. The molecule has 0 saturated heterocycles. The standard InChI is InChI=1S/C19H28N2O2/c1-8-22-17-13(18(2,3)4)9-12(10-14(17)19(5,6)7)15-11-16(20)23-21-15/h9-11H,8,20H2,1-7H3. The van der Waals surface area contributed by atoms with Crippen LogP contribution in [0, 0.1) is 0 Å². The predicted molar refractivity (Wildman–Crippen MR) is 94.9 cm³/mol. The number of ether oxygens (including phenoxy) is 1. The summed E-state index contributed by atoms with van der Waals surface area (Å²) in [6.45, 7) is 15.8. The molecule has 1 aromatic carbocycles. The van der Waals surface area contributed by atoms with Crippen LogP contribution in [0.4, 0.5) is 5.88 Å². The Labute approximate surface area is 139 Å². The first kappa shape index (κ1) is 17.4. The molecule has 0 unspecified atom stereocenters. The summed E-state index contributed by atoms with van der Waals surface area (Å²) < 4.78 is 11.1. The van der Waals surface area contributed by atoms with Crippen LogP contribution in [0.2, 0.25) is 0 Å². The molecule has 2 rings (SSSR count). The zero-order valence-electron chi connectivity index (χ0n) is 15.3. The minimum atomic E-state index is -0.0458. The van der Waals surface area contributed by atoms with Gasteiger partial charge in [-0.05, 0) is 29.9 Å².